The molecule has 0 fully saturated rings. The molecule has 0 spiro atoms. The Labute approximate surface area is 120 Å². The van der Waals surface area contributed by atoms with Gasteiger partial charge in [-0.05, 0) is 41.1 Å². The highest BCUT2D eigenvalue weighted by atomic mass is 32.1. The van der Waals surface area contributed by atoms with Gasteiger partial charge in [-0.25, -0.2) is 0 Å². The molecule has 0 aliphatic rings. The number of phenolic OH excluding ortho intramolecular Hbond substituents is 1. The molecule has 2 heterocycles. The first-order valence-corrected chi connectivity index (χ1v) is 7.71. The molecule has 0 bridgehead atoms. The molecule has 4 heteroatoms. The van der Waals surface area contributed by atoms with Crippen LogP contribution in [0.4, 0.5) is 5.69 Å². The summed E-state index contributed by atoms with van der Waals surface area (Å²) in [6.45, 7) is 0.776. The van der Waals surface area contributed by atoms with Gasteiger partial charge in [-0.3, -0.25) is 0 Å². The van der Waals surface area contributed by atoms with Crippen LogP contribution in [-0.2, 0) is 6.54 Å². The lowest BCUT2D eigenvalue weighted by molar-refractivity contribution is 0.475. The molecule has 0 radical (unpaired) electrons. The van der Waals surface area contributed by atoms with E-state index in [-0.39, 0.29) is 5.75 Å². The van der Waals surface area contributed by atoms with Gasteiger partial charge in [-0.15, -0.1) is 11.3 Å². The molecule has 2 nitrogen and oxygen atoms in total. The van der Waals surface area contributed by atoms with E-state index in [9.17, 15) is 5.11 Å². The first-order valence-electron chi connectivity index (χ1n) is 5.95. The Balaban J connectivity index is 1.68. The standard InChI is InChI=1S/C15H13NOS2/c17-13-3-1-2-12(8-13)16-9-14-4-5-15(19-14)11-6-7-18-10-11/h1-8,10,16-17H,9H2. The lowest BCUT2D eigenvalue weighted by Gasteiger charge is -2.04. The zero-order valence-electron chi connectivity index (χ0n) is 10.2. The molecule has 19 heavy (non-hydrogen) atoms. The van der Waals surface area contributed by atoms with Crippen molar-refractivity contribution in [3.8, 4) is 16.2 Å². The van der Waals surface area contributed by atoms with Gasteiger partial charge in [0.05, 0.1) is 0 Å². The molecule has 0 saturated heterocycles. The quantitative estimate of drug-likeness (QED) is 0.723. The number of nitrogens with one attached hydrogen (secondary N) is 1. The monoisotopic (exact) mass is 287 g/mol. The Morgan fingerprint density at radius 1 is 1.11 bits per heavy atom. The van der Waals surface area contributed by atoms with Crippen LogP contribution >= 0.6 is 22.7 Å². The normalized spacial score (nSPS) is 10.5. The van der Waals surface area contributed by atoms with Crippen LogP contribution in [0.2, 0.25) is 0 Å². The van der Waals surface area contributed by atoms with Crippen LogP contribution in [0.3, 0.4) is 0 Å². The number of benzene rings is 1. The summed E-state index contributed by atoms with van der Waals surface area (Å²) in [5, 5.41) is 17.0. The number of rotatable bonds is 4. The highest BCUT2D eigenvalue weighted by Crippen LogP contribution is 2.30. The maximum absolute atomic E-state index is 9.40. The second-order valence-electron chi connectivity index (χ2n) is 4.18. The van der Waals surface area contributed by atoms with Crippen LogP contribution in [0.25, 0.3) is 10.4 Å². The zero-order valence-corrected chi connectivity index (χ0v) is 11.8. The second-order valence-corrected chi connectivity index (χ2v) is 6.13. The molecule has 0 atom stereocenters. The second kappa shape index (κ2) is 5.47. The number of aromatic hydroxyl groups is 1. The average Bonchev–Trinajstić information content (AvgIpc) is 3.07. The van der Waals surface area contributed by atoms with Gasteiger partial charge in [0, 0.05) is 33.6 Å². The van der Waals surface area contributed by atoms with Crippen molar-refractivity contribution in [1.29, 1.82) is 0 Å². The van der Waals surface area contributed by atoms with Crippen LogP contribution in [0, 0.1) is 0 Å². The summed E-state index contributed by atoms with van der Waals surface area (Å²) in [7, 11) is 0. The summed E-state index contributed by atoms with van der Waals surface area (Å²) in [6, 6.07) is 13.6. The van der Waals surface area contributed by atoms with Crippen LogP contribution in [0.5, 0.6) is 5.75 Å². The van der Waals surface area contributed by atoms with E-state index in [1.165, 1.54) is 15.3 Å². The van der Waals surface area contributed by atoms with Gasteiger partial charge in [-0.1, -0.05) is 6.07 Å². The largest absolute Gasteiger partial charge is 0.508 e. The molecule has 1 aromatic carbocycles. The smallest absolute Gasteiger partial charge is 0.117 e. The summed E-state index contributed by atoms with van der Waals surface area (Å²) in [6.07, 6.45) is 0. The van der Waals surface area contributed by atoms with Gasteiger partial charge in [0.25, 0.3) is 0 Å². The molecule has 3 rings (SSSR count). The summed E-state index contributed by atoms with van der Waals surface area (Å²) in [5.41, 5.74) is 2.23. The van der Waals surface area contributed by atoms with Crippen molar-refractivity contribution in [3.63, 3.8) is 0 Å². The Hall–Kier alpha value is -1.78. The van der Waals surface area contributed by atoms with Crippen molar-refractivity contribution < 1.29 is 5.11 Å². The maximum atomic E-state index is 9.40. The molecule has 0 unspecified atom stereocenters. The topological polar surface area (TPSA) is 32.3 Å². The lowest BCUT2D eigenvalue weighted by Crippen LogP contribution is -1.96. The minimum atomic E-state index is 0.287. The average molecular weight is 287 g/mol. The van der Waals surface area contributed by atoms with Crippen molar-refractivity contribution in [2.75, 3.05) is 5.32 Å². The molecule has 0 aliphatic heterocycles. The van der Waals surface area contributed by atoms with Crippen LogP contribution in [0.1, 0.15) is 4.88 Å². The fourth-order valence-corrected chi connectivity index (χ4v) is 3.51. The Bertz CT molecular complexity index is 658. The Morgan fingerprint density at radius 3 is 2.84 bits per heavy atom. The van der Waals surface area contributed by atoms with E-state index in [1.807, 2.05) is 12.1 Å². The van der Waals surface area contributed by atoms with Crippen molar-refractivity contribution in [2.45, 2.75) is 6.54 Å². The molecule has 0 aliphatic carbocycles. The molecule has 3 aromatic rings. The van der Waals surface area contributed by atoms with E-state index in [0.717, 1.165) is 12.2 Å². The van der Waals surface area contributed by atoms with Gasteiger partial charge in [0.2, 0.25) is 0 Å². The van der Waals surface area contributed by atoms with Gasteiger partial charge in [0.15, 0.2) is 0 Å². The van der Waals surface area contributed by atoms with Gasteiger partial charge in [0.1, 0.15) is 5.75 Å². The third-order valence-electron chi connectivity index (χ3n) is 2.78. The number of phenols is 1. The van der Waals surface area contributed by atoms with Crippen molar-refractivity contribution in [1.82, 2.24) is 0 Å². The fraction of sp³-hybridized carbons (Fsp3) is 0.0667. The number of hydrogen-bond donors (Lipinski definition) is 2. The van der Waals surface area contributed by atoms with E-state index in [1.54, 1.807) is 34.8 Å². The molecular formula is C15H13NOS2. The van der Waals surface area contributed by atoms with E-state index < -0.39 is 0 Å². The number of hydrogen-bond acceptors (Lipinski definition) is 4. The summed E-state index contributed by atoms with van der Waals surface area (Å²) >= 11 is 3.51. The van der Waals surface area contributed by atoms with Gasteiger partial charge in [-0.2, -0.15) is 11.3 Å². The third kappa shape index (κ3) is 2.97. The number of thiophene rings is 2. The van der Waals surface area contributed by atoms with E-state index in [2.05, 4.69) is 34.3 Å². The predicted octanol–water partition coefficient (Wildman–Crippen LogP) is 4.79. The molecule has 2 aromatic heterocycles. The molecular weight excluding hydrogens is 274 g/mol. The van der Waals surface area contributed by atoms with E-state index in [0.29, 0.717) is 0 Å². The Kier molecular flexibility index (Phi) is 3.53. The predicted molar refractivity (Wildman–Crippen MR) is 83.1 cm³/mol. The SMILES string of the molecule is Oc1cccc(NCc2ccc(-c3ccsc3)s2)c1. The van der Waals surface area contributed by atoms with Crippen molar-refractivity contribution >= 4 is 28.4 Å². The number of anilines is 1. The van der Waals surface area contributed by atoms with Crippen LogP contribution in [-0.4, -0.2) is 5.11 Å². The summed E-state index contributed by atoms with van der Waals surface area (Å²) in [4.78, 5) is 2.58. The van der Waals surface area contributed by atoms with Crippen LogP contribution in [0.15, 0.2) is 53.2 Å². The van der Waals surface area contributed by atoms with E-state index >= 15 is 0 Å². The first-order chi connectivity index (χ1) is 9.31. The van der Waals surface area contributed by atoms with Gasteiger partial charge < -0.3 is 10.4 Å². The minimum Gasteiger partial charge on any atom is -0.508 e. The van der Waals surface area contributed by atoms with Crippen molar-refractivity contribution in [3.05, 3.63) is 58.1 Å². The first kappa shape index (κ1) is 12.3. The van der Waals surface area contributed by atoms with Gasteiger partial charge >= 0.3 is 0 Å². The molecule has 0 amide bonds. The molecule has 0 saturated carbocycles. The highest BCUT2D eigenvalue weighted by Gasteiger charge is 2.03. The third-order valence-corrected chi connectivity index (χ3v) is 4.60. The zero-order chi connectivity index (χ0) is 13.1. The minimum absolute atomic E-state index is 0.287. The fourth-order valence-electron chi connectivity index (χ4n) is 1.84. The summed E-state index contributed by atoms with van der Waals surface area (Å²) in [5.74, 6) is 0.287. The van der Waals surface area contributed by atoms with Crippen LogP contribution < -0.4 is 5.32 Å². The molecule has 96 valence electrons. The summed E-state index contributed by atoms with van der Waals surface area (Å²) < 4.78 is 0. The molecule has 2 N–H and O–H groups in total. The highest BCUT2D eigenvalue weighted by molar-refractivity contribution is 7.16. The van der Waals surface area contributed by atoms with E-state index in [4.69, 9.17) is 0 Å². The van der Waals surface area contributed by atoms with Crippen molar-refractivity contribution in [2.24, 2.45) is 0 Å². The Morgan fingerprint density at radius 2 is 2.05 bits per heavy atom. The maximum Gasteiger partial charge on any atom is 0.117 e. The lowest BCUT2D eigenvalue weighted by atomic mass is 10.3.